The number of hydrogen-bond donors (Lipinski definition) is 2. The predicted octanol–water partition coefficient (Wildman–Crippen LogP) is 4.86. The van der Waals surface area contributed by atoms with Crippen molar-refractivity contribution in [2.24, 2.45) is 5.92 Å². The van der Waals surface area contributed by atoms with E-state index < -0.39 is 0 Å². The molecule has 0 aliphatic heterocycles. The zero-order valence-corrected chi connectivity index (χ0v) is 16.8. The summed E-state index contributed by atoms with van der Waals surface area (Å²) in [4.78, 5) is 31.8. The largest absolute Gasteiger partial charge is 0.492 e. The van der Waals surface area contributed by atoms with Crippen LogP contribution >= 0.6 is 0 Å². The summed E-state index contributed by atoms with van der Waals surface area (Å²) in [7, 11) is 1.60. The van der Waals surface area contributed by atoms with Crippen molar-refractivity contribution in [3.8, 4) is 16.9 Å². The molecular weight excluding hydrogens is 378 g/mol. The molecule has 4 aromatic rings. The first-order valence-corrected chi connectivity index (χ1v) is 9.94. The first kappa shape index (κ1) is 18.4. The molecule has 1 aliphatic carbocycles. The number of hydrogen-bond acceptors (Lipinski definition) is 4. The summed E-state index contributed by atoms with van der Waals surface area (Å²) in [6, 6.07) is 11.5. The molecule has 1 aliphatic rings. The van der Waals surface area contributed by atoms with E-state index in [-0.39, 0.29) is 11.8 Å². The van der Waals surface area contributed by atoms with Crippen molar-refractivity contribution in [3.05, 3.63) is 53.7 Å². The van der Waals surface area contributed by atoms with Gasteiger partial charge in [0.1, 0.15) is 11.9 Å². The van der Waals surface area contributed by atoms with Gasteiger partial charge in [0.05, 0.1) is 18.3 Å². The lowest BCUT2D eigenvalue weighted by Crippen LogP contribution is -2.14. The van der Waals surface area contributed by atoms with Gasteiger partial charge in [-0.2, -0.15) is 0 Å². The number of benzene rings is 2. The van der Waals surface area contributed by atoms with Crippen molar-refractivity contribution in [2.75, 3.05) is 12.4 Å². The Morgan fingerprint density at radius 3 is 2.83 bits per heavy atom. The van der Waals surface area contributed by atoms with E-state index in [0.29, 0.717) is 17.0 Å². The number of ether oxygens (including phenoxy) is 1. The molecule has 1 fully saturated rings. The van der Waals surface area contributed by atoms with E-state index in [1.807, 2.05) is 37.4 Å². The number of nitrogens with zero attached hydrogens (tertiary/aromatic N) is 1. The number of pyridine rings is 1. The fraction of sp³-hybridized carbons (Fsp3) is 0.208. The Kier molecular flexibility index (Phi) is 4.28. The molecule has 0 atom stereocenters. The van der Waals surface area contributed by atoms with Crippen LogP contribution < -0.4 is 10.1 Å². The molecule has 0 radical (unpaired) electrons. The smallest absolute Gasteiger partial charge is 0.227 e. The lowest BCUT2D eigenvalue weighted by molar-refractivity contribution is -0.117. The maximum Gasteiger partial charge on any atom is 0.227 e. The molecule has 1 saturated carbocycles. The zero-order chi connectivity index (χ0) is 20.8. The van der Waals surface area contributed by atoms with Crippen LogP contribution in [0.4, 0.5) is 5.69 Å². The SMILES string of the molecule is COc1c(NC(=O)C2CC2)cc(-c2cccc(C=O)c2)c2c1[nH]c1ncc(C)cc12. The molecule has 6 nitrogen and oxygen atoms in total. The van der Waals surface area contributed by atoms with Crippen molar-refractivity contribution in [1.29, 1.82) is 0 Å². The molecule has 2 N–H and O–H groups in total. The summed E-state index contributed by atoms with van der Waals surface area (Å²) in [6.07, 6.45) is 4.48. The van der Waals surface area contributed by atoms with Crippen molar-refractivity contribution < 1.29 is 14.3 Å². The summed E-state index contributed by atoms with van der Waals surface area (Å²) >= 11 is 0. The Balaban J connectivity index is 1.84. The highest BCUT2D eigenvalue weighted by Crippen LogP contribution is 2.44. The maximum absolute atomic E-state index is 12.5. The fourth-order valence-corrected chi connectivity index (χ4v) is 3.93. The number of aromatic nitrogens is 2. The van der Waals surface area contributed by atoms with E-state index >= 15 is 0 Å². The summed E-state index contributed by atoms with van der Waals surface area (Å²) in [5, 5.41) is 4.95. The van der Waals surface area contributed by atoms with E-state index in [0.717, 1.165) is 57.8 Å². The number of H-pyrrole nitrogens is 1. The van der Waals surface area contributed by atoms with Gasteiger partial charge in [0, 0.05) is 28.5 Å². The van der Waals surface area contributed by atoms with Crippen LogP contribution in [0.1, 0.15) is 28.8 Å². The van der Waals surface area contributed by atoms with Gasteiger partial charge in [0.2, 0.25) is 5.91 Å². The monoisotopic (exact) mass is 399 g/mol. The molecule has 30 heavy (non-hydrogen) atoms. The van der Waals surface area contributed by atoms with Crippen LogP contribution in [0.5, 0.6) is 5.75 Å². The number of carbonyl (C=O) groups is 2. The van der Waals surface area contributed by atoms with Crippen LogP contribution in [0, 0.1) is 12.8 Å². The molecule has 0 bridgehead atoms. The standard InChI is InChI=1S/C24H21N3O3/c1-13-8-18-20-17(16-5-3-4-14(9-16)12-28)10-19(26-24(29)15-6-7-15)22(30-2)21(20)27-23(18)25-11-13/h3-5,8-12,15H,6-7H2,1-2H3,(H,25,27)(H,26,29). The van der Waals surface area contributed by atoms with E-state index in [9.17, 15) is 9.59 Å². The molecule has 2 heterocycles. The van der Waals surface area contributed by atoms with E-state index in [2.05, 4.69) is 21.4 Å². The summed E-state index contributed by atoms with van der Waals surface area (Å²) < 4.78 is 5.73. The summed E-state index contributed by atoms with van der Waals surface area (Å²) in [5.41, 5.74) is 5.54. The van der Waals surface area contributed by atoms with E-state index in [4.69, 9.17) is 4.74 Å². The quantitative estimate of drug-likeness (QED) is 0.469. The van der Waals surface area contributed by atoms with Gasteiger partial charge in [-0.1, -0.05) is 18.2 Å². The highest BCUT2D eigenvalue weighted by Gasteiger charge is 2.31. The predicted molar refractivity (Wildman–Crippen MR) is 117 cm³/mol. The first-order chi connectivity index (χ1) is 14.6. The number of anilines is 1. The van der Waals surface area contributed by atoms with Crippen LogP contribution in [0.25, 0.3) is 33.1 Å². The minimum Gasteiger partial charge on any atom is -0.492 e. The highest BCUT2D eigenvalue weighted by atomic mass is 16.5. The Labute approximate surface area is 173 Å². The third kappa shape index (κ3) is 3.01. The maximum atomic E-state index is 12.5. The topological polar surface area (TPSA) is 84.1 Å². The average Bonchev–Trinajstić information content (AvgIpc) is 3.55. The van der Waals surface area contributed by atoms with Gasteiger partial charge in [0.25, 0.3) is 0 Å². The van der Waals surface area contributed by atoms with Gasteiger partial charge < -0.3 is 15.0 Å². The number of aldehydes is 1. The number of aryl methyl sites for hydroxylation is 1. The highest BCUT2D eigenvalue weighted by molar-refractivity contribution is 6.18. The Bertz CT molecular complexity index is 1320. The van der Waals surface area contributed by atoms with Gasteiger partial charge in [0.15, 0.2) is 5.75 Å². The fourth-order valence-electron chi connectivity index (χ4n) is 3.93. The number of amides is 1. The van der Waals surface area contributed by atoms with Crippen LogP contribution in [-0.2, 0) is 4.79 Å². The Hall–Kier alpha value is -3.67. The summed E-state index contributed by atoms with van der Waals surface area (Å²) in [5.74, 6) is 0.648. The molecule has 6 heteroatoms. The van der Waals surface area contributed by atoms with Crippen LogP contribution in [-0.4, -0.2) is 29.3 Å². The van der Waals surface area contributed by atoms with Crippen molar-refractivity contribution in [3.63, 3.8) is 0 Å². The third-order valence-electron chi connectivity index (χ3n) is 5.56. The molecule has 5 rings (SSSR count). The second-order valence-electron chi connectivity index (χ2n) is 7.80. The third-order valence-corrected chi connectivity index (χ3v) is 5.56. The van der Waals surface area contributed by atoms with Gasteiger partial charge in [-0.3, -0.25) is 9.59 Å². The minimum atomic E-state index is 0.00493. The number of nitrogens with one attached hydrogen (secondary N) is 2. The van der Waals surface area contributed by atoms with Crippen LogP contribution in [0.15, 0.2) is 42.6 Å². The van der Waals surface area contributed by atoms with Gasteiger partial charge in [-0.25, -0.2) is 4.98 Å². The number of methoxy groups -OCH3 is 1. The zero-order valence-electron chi connectivity index (χ0n) is 16.8. The van der Waals surface area contributed by atoms with Crippen molar-refractivity contribution in [2.45, 2.75) is 19.8 Å². The normalized spacial score (nSPS) is 13.5. The second-order valence-corrected chi connectivity index (χ2v) is 7.80. The lowest BCUT2D eigenvalue weighted by Gasteiger charge is -2.15. The van der Waals surface area contributed by atoms with Crippen LogP contribution in [0.3, 0.4) is 0 Å². The molecule has 0 saturated heterocycles. The molecular formula is C24H21N3O3. The van der Waals surface area contributed by atoms with Crippen LogP contribution in [0.2, 0.25) is 0 Å². The molecule has 0 spiro atoms. The minimum absolute atomic E-state index is 0.00493. The van der Waals surface area contributed by atoms with Crippen molar-refractivity contribution >= 4 is 39.8 Å². The first-order valence-electron chi connectivity index (χ1n) is 9.94. The molecule has 0 unspecified atom stereocenters. The van der Waals surface area contributed by atoms with Crippen molar-refractivity contribution in [1.82, 2.24) is 9.97 Å². The number of fused-ring (bicyclic) bond motifs is 3. The number of carbonyl (C=O) groups excluding carboxylic acids is 2. The summed E-state index contributed by atoms with van der Waals surface area (Å²) in [6.45, 7) is 2.00. The Morgan fingerprint density at radius 2 is 2.10 bits per heavy atom. The van der Waals surface area contributed by atoms with E-state index in [1.165, 1.54) is 0 Å². The molecule has 2 aromatic heterocycles. The average molecular weight is 399 g/mol. The van der Waals surface area contributed by atoms with E-state index in [1.54, 1.807) is 13.2 Å². The van der Waals surface area contributed by atoms with Gasteiger partial charge >= 0.3 is 0 Å². The number of aromatic amines is 1. The second kappa shape index (κ2) is 6.99. The lowest BCUT2D eigenvalue weighted by atomic mass is 9.96. The molecule has 150 valence electrons. The molecule has 1 amide bonds. The van der Waals surface area contributed by atoms with Gasteiger partial charge in [-0.15, -0.1) is 0 Å². The molecule has 2 aromatic carbocycles. The Morgan fingerprint density at radius 1 is 1.27 bits per heavy atom. The van der Waals surface area contributed by atoms with Gasteiger partial charge in [-0.05, 0) is 54.7 Å². The number of rotatable bonds is 5.